The molecule has 0 aliphatic carbocycles. The molecule has 16 nitrogen and oxygen atoms in total. The van der Waals surface area contributed by atoms with Gasteiger partial charge in [0, 0.05) is 62.6 Å². The van der Waals surface area contributed by atoms with Crippen LogP contribution in [0.15, 0.2) is 36.5 Å². The molecule has 0 spiro atoms. The minimum atomic E-state index is -1.26. The molecule has 0 radical (unpaired) electrons. The summed E-state index contributed by atoms with van der Waals surface area (Å²) in [5.41, 5.74) is 0. The lowest BCUT2D eigenvalue weighted by molar-refractivity contribution is -0.134. The molecule has 0 saturated heterocycles. The number of carbonyl (C=O) groups is 6. The quantitative estimate of drug-likeness (QED) is 0.0866. The standard InChI is InChI=1S/C8H22N4.3C4H4O4/c1-10(2)5-7-12(9)8-6-11(3)4;3*5-3(6)1-2-4(7)8/h5-9H2,1-4H3;3*1-2H,(H,5,6)(H,7,8)/b;3*2-1-. The lowest BCUT2D eigenvalue weighted by Crippen LogP contribution is -2.40. The molecule has 0 aromatic carbocycles. The van der Waals surface area contributed by atoms with Gasteiger partial charge in [-0.1, -0.05) is 0 Å². The van der Waals surface area contributed by atoms with E-state index < -0.39 is 35.8 Å². The molecular weight excluding hydrogens is 488 g/mol. The van der Waals surface area contributed by atoms with Gasteiger partial charge in [0.25, 0.3) is 0 Å². The summed E-state index contributed by atoms with van der Waals surface area (Å²) >= 11 is 0. The highest BCUT2D eigenvalue weighted by atomic mass is 16.4. The van der Waals surface area contributed by atoms with Crippen LogP contribution >= 0.6 is 0 Å². The van der Waals surface area contributed by atoms with Crippen LogP contribution in [0.1, 0.15) is 0 Å². The first-order chi connectivity index (χ1) is 16.4. The van der Waals surface area contributed by atoms with Gasteiger partial charge in [0.1, 0.15) is 0 Å². The second-order valence-corrected chi connectivity index (χ2v) is 6.67. The van der Waals surface area contributed by atoms with Crippen LogP contribution in [0.3, 0.4) is 0 Å². The van der Waals surface area contributed by atoms with Crippen molar-refractivity contribution in [3.05, 3.63) is 36.5 Å². The van der Waals surface area contributed by atoms with Crippen molar-refractivity contribution in [3.8, 4) is 0 Å². The highest BCUT2D eigenvalue weighted by Gasteiger charge is 1.99. The van der Waals surface area contributed by atoms with Crippen LogP contribution in [0.4, 0.5) is 0 Å². The Kier molecular flexibility index (Phi) is 27.7. The predicted octanol–water partition coefficient (Wildman–Crippen LogP) is -1.58. The summed E-state index contributed by atoms with van der Waals surface area (Å²) in [4.78, 5) is 61.6. The van der Waals surface area contributed by atoms with Crippen molar-refractivity contribution >= 4 is 35.8 Å². The summed E-state index contributed by atoms with van der Waals surface area (Å²) in [7, 11) is 8.22. The van der Waals surface area contributed by atoms with E-state index in [-0.39, 0.29) is 0 Å². The first-order valence-corrected chi connectivity index (χ1v) is 9.61. The average molecular weight is 523 g/mol. The average Bonchev–Trinajstić information content (AvgIpc) is 2.73. The van der Waals surface area contributed by atoms with Crippen LogP contribution in [0.25, 0.3) is 0 Å². The van der Waals surface area contributed by atoms with Crippen LogP contribution in [-0.4, -0.2) is 136 Å². The number of hydrazine groups is 1. The molecule has 206 valence electrons. The molecule has 0 bridgehead atoms. The number of hydrogen-bond donors (Lipinski definition) is 7. The molecule has 0 amide bonds. The van der Waals surface area contributed by atoms with Gasteiger partial charge in [0.05, 0.1) is 0 Å². The van der Waals surface area contributed by atoms with Crippen molar-refractivity contribution in [2.75, 3.05) is 54.4 Å². The van der Waals surface area contributed by atoms with Crippen molar-refractivity contribution in [3.63, 3.8) is 0 Å². The van der Waals surface area contributed by atoms with Crippen LogP contribution in [0.5, 0.6) is 0 Å². The molecular formula is C20H34N4O12. The summed E-state index contributed by atoms with van der Waals surface area (Å²) in [6.07, 6.45) is 3.35. The van der Waals surface area contributed by atoms with Crippen molar-refractivity contribution < 1.29 is 59.4 Å². The summed E-state index contributed by atoms with van der Waals surface area (Å²) < 4.78 is 0. The molecule has 0 rings (SSSR count). The molecule has 0 heterocycles. The van der Waals surface area contributed by atoms with Crippen molar-refractivity contribution in [2.45, 2.75) is 0 Å². The van der Waals surface area contributed by atoms with Gasteiger partial charge in [-0.05, 0) is 28.2 Å². The van der Waals surface area contributed by atoms with Crippen LogP contribution in [0, 0.1) is 0 Å². The third kappa shape index (κ3) is 57.2. The molecule has 0 fully saturated rings. The highest BCUT2D eigenvalue weighted by molar-refractivity contribution is 5.90. The lowest BCUT2D eigenvalue weighted by atomic mass is 10.5. The fourth-order valence-electron chi connectivity index (χ4n) is 1.20. The molecule has 0 atom stereocenters. The van der Waals surface area contributed by atoms with Gasteiger partial charge in [-0.25, -0.2) is 33.8 Å². The van der Waals surface area contributed by atoms with E-state index in [1.807, 2.05) is 5.01 Å². The smallest absolute Gasteiger partial charge is 0.328 e. The van der Waals surface area contributed by atoms with Gasteiger partial charge in [0.15, 0.2) is 0 Å². The Morgan fingerprint density at radius 2 is 0.639 bits per heavy atom. The topological polar surface area (TPSA) is 260 Å². The lowest BCUT2D eigenvalue weighted by Gasteiger charge is -2.20. The Balaban J connectivity index is -0.000000193. The zero-order chi connectivity index (χ0) is 29.3. The van der Waals surface area contributed by atoms with Crippen LogP contribution < -0.4 is 5.84 Å². The van der Waals surface area contributed by atoms with Crippen LogP contribution in [0.2, 0.25) is 0 Å². The number of nitrogens with zero attached hydrogens (tertiary/aromatic N) is 3. The maximum absolute atomic E-state index is 9.55. The SMILES string of the molecule is CN(C)CCN(N)CCN(C)C.O=C(O)/C=C\C(=O)O.O=C(O)/C=C\C(=O)O.O=C(O)/C=C\C(=O)O. The number of likely N-dealkylation sites (N-methyl/N-ethyl adjacent to an activating group) is 2. The predicted molar refractivity (Wildman–Crippen MR) is 126 cm³/mol. The largest absolute Gasteiger partial charge is 0.478 e. The van der Waals surface area contributed by atoms with Gasteiger partial charge in [-0.15, -0.1) is 0 Å². The third-order valence-electron chi connectivity index (χ3n) is 2.77. The zero-order valence-electron chi connectivity index (χ0n) is 20.3. The number of rotatable bonds is 12. The van der Waals surface area contributed by atoms with Crippen molar-refractivity contribution in [1.29, 1.82) is 0 Å². The monoisotopic (exact) mass is 522 g/mol. The molecule has 0 aromatic heterocycles. The summed E-state index contributed by atoms with van der Waals surface area (Å²) in [5, 5.41) is 48.7. The summed E-state index contributed by atoms with van der Waals surface area (Å²) in [5.74, 6) is -1.79. The Bertz CT molecular complexity index is 636. The van der Waals surface area contributed by atoms with E-state index in [9.17, 15) is 28.8 Å². The molecule has 0 saturated carbocycles. The van der Waals surface area contributed by atoms with E-state index in [1.165, 1.54) is 0 Å². The van der Waals surface area contributed by atoms with E-state index in [0.29, 0.717) is 36.5 Å². The molecule has 0 unspecified atom stereocenters. The first-order valence-electron chi connectivity index (χ1n) is 9.61. The van der Waals surface area contributed by atoms with Gasteiger partial charge in [-0.2, -0.15) is 0 Å². The van der Waals surface area contributed by atoms with E-state index >= 15 is 0 Å². The number of aliphatic carboxylic acids is 6. The Morgan fingerprint density at radius 1 is 0.472 bits per heavy atom. The van der Waals surface area contributed by atoms with Crippen LogP contribution in [-0.2, 0) is 28.8 Å². The fraction of sp³-hybridized carbons (Fsp3) is 0.400. The molecule has 8 N–H and O–H groups in total. The Labute approximate surface area is 207 Å². The zero-order valence-corrected chi connectivity index (χ0v) is 20.3. The number of carboxylic acids is 6. The van der Waals surface area contributed by atoms with E-state index in [0.717, 1.165) is 26.2 Å². The van der Waals surface area contributed by atoms with Gasteiger partial charge < -0.3 is 40.4 Å². The Hall–Kier alpha value is -4.12. The molecule has 0 aromatic rings. The maximum Gasteiger partial charge on any atom is 0.328 e. The van der Waals surface area contributed by atoms with Crippen molar-refractivity contribution in [2.24, 2.45) is 5.84 Å². The molecule has 36 heavy (non-hydrogen) atoms. The minimum absolute atomic E-state index is 0.558. The number of hydrogen-bond acceptors (Lipinski definition) is 10. The maximum atomic E-state index is 9.55. The minimum Gasteiger partial charge on any atom is -0.478 e. The summed E-state index contributed by atoms with van der Waals surface area (Å²) in [6.45, 7) is 3.90. The fourth-order valence-corrected chi connectivity index (χ4v) is 1.20. The van der Waals surface area contributed by atoms with E-state index in [4.69, 9.17) is 36.5 Å². The highest BCUT2D eigenvalue weighted by Crippen LogP contribution is 1.82. The second kappa shape index (κ2) is 25.5. The third-order valence-corrected chi connectivity index (χ3v) is 2.77. The van der Waals surface area contributed by atoms with Gasteiger partial charge in [-0.3, -0.25) is 5.84 Å². The molecule has 0 aliphatic rings. The molecule has 16 heteroatoms. The van der Waals surface area contributed by atoms with E-state index in [1.54, 1.807) is 0 Å². The number of carboxylic acid groups (broad SMARTS) is 6. The first kappa shape index (κ1) is 39.1. The second-order valence-electron chi connectivity index (χ2n) is 6.67. The van der Waals surface area contributed by atoms with Gasteiger partial charge in [0.2, 0.25) is 0 Å². The van der Waals surface area contributed by atoms with E-state index in [2.05, 4.69) is 38.0 Å². The Morgan fingerprint density at radius 3 is 0.750 bits per heavy atom. The van der Waals surface area contributed by atoms with Crippen molar-refractivity contribution in [1.82, 2.24) is 14.8 Å². The number of nitrogens with two attached hydrogens (primary N) is 1. The van der Waals surface area contributed by atoms with Gasteiger partial charge >= 0.3 is 35.8 Å². The summed E-state index contributed by atoms with van der Waals surface area (Å²) in [6, 6.07) is 0. The normalized spacial score (nSPS) is 10.3. The molecule has 0 aliphatic heterocycles.